The molecule has 30 heavy (non-hydrogen) atoms. The van der Waals surface area contributed by atoms with Gasteiger partial charge in [0.1, 0.15) is 17.6 Å². The van der Waals surface area contributed by atoms with Crippen molar-refractivity contribution in [2.24, 2.45) is 0 Å². The second kappa shape index (κ2) is 8.55. The van der Waals surface area contributed by atoms with Gasteiger partial charge in [0.25, 0.3) is 11.4 Å². The van der Waals surface area contributed by atoms with E-state index in [1.54, 1.807) is 23.8 Å². The molecule has 0 bridgehead atoms. The number of aryl methyl sites for hydroxylation is 2. The van der Waals surface area contributed by atoms with Crippen LogP contribution in [0.4, 0.5) is 4.39 Å². The zero-order valence-corrected chi connectivity index (χ0v) is 17.4. The molecule has 160 valence electrons. The molecule has 0 atom stereocenters. The van der Waals surface area contributed by atoms with Gasteiger partial charge in [-0.1, -0.05) is 6.42 Å². The van der Waals surface area contributed by atoms with Crippen LogP contribution in [0.15, 0.2) is 23.1 Å². The zero-order chi connectivity index (χ0) is 21.3. The lowest BCUT2D eigenvalue weighted by atomic mass is 9.98. The van der Waals surface area contributed by atoms with E-state index >= 15 is 4.39 Å². The first-order chi connectivity index (χ1) is 14.5. The van der Waals surface area contributed by atoms with Crippen LogP contribution in [-0.4, -0.2) is 36.9 Å². The Labute approximate surface area is 174 Å². The summed E-state index contributed by atoms with van der Waals surface area (Å²) in [7, 11) is 0. The predicted molar refractivity (Wildman–Crippen MR) is 112 cm³/mol. The summed E-state index contributed by atoms with van der Waals surface area (Å²) in [5.41, 5.74) is 1.78. The molecule has 3 aromatic rings. The van der Waals surface area contributed by atoms with Crippen LogP contribution < -0.4 is 10.3 Å². The summed E-state index contributed by atoms with van der Waals surface area (Å²) in [5.74, 6) is -0.247. The molecule has 3 heterocycles. The SMILES string of the molecule is CCn1c(=O)ccc2c1c(-c1nc(C)nc(OC3CCCCC3)c1F)cn2CCO. The topological polar surface area (TPSA) is 82.2 Å². The summed E-state index contributed by atoms with van der Waals surface area (Å²) >= 11 is 0. The van der Waals surface area contributed by atoms with Crippen LogP contribution in [0.2, 0.25) is 0 Å². The Bertz CT molecular complexity index is 1120. The number of pyridine rings is 1. The van der Waals surface area contributed by atoms with Gasteiger partial charge in [-0.2, -0.15) is 9.37 Å². The Balaban J connectivity index is 1.89. The number of halogens is 1. The van der Waals surface area contributed by atoms with E-state index in [0.29, 0.717) is 30.0 Å². The molecule has 1 fully saturated rings. The van der Waals surface area contributed by atoms with E-state index in [1.165, 1.54) is 12.5 Å². The Morgan fingerprint density at radius 1 is 1.23 bits per heavy atom. The minimum absolute atomic E-state index is 0.0335. The van der Waals surface area contributed by atoms with Gasteiger partial charge in [0.05, 0.1) is 17.6 Å². The molecule has 0 aromatic carbocycles. The lowest BCUT2D eigenvalue weighted by Crippen LogP contribution is -2.21. The van der Waals surface area contributed by atoms with Crippen LogP contribution in [0.5, 0.6) is 5.88 Å². The summed E-state index contributed by atoms with van der Waals surface area (Å²) < 4.78 is 24.9. The molecular formula is C22H27FN4O3. The second-order valence-corrected chi connectivity index (χ2v) is 7.73. The number of hydrogen-bond donors (Lipinski definition) is 1. The van der Waals surface area contributed by atoms with E-state index in [-0.39, 0.29) is 29.8 Å². The quantitative estimate of drug-likeness (QED) is 0.668. The zero-order valence-electron chi connectivity index (χ0n) is 17.4. The van der Waals surface area contributed by atoms with Crippen molar-refractivity contribution in [2.45, 2.75) is 65.1 Å². The number of fused-ring (bicyclic) bond motifs is 1. The van der Waals surface area contributed by atoms with Crippen molar-refractivity contribution in [3.8, 4) is 17.1 Å². The number of rotatable bonds is 6. The molecule has 0 aliphatic heterocycles. The third kappa shape index (κ3) is 3.71. The van der Waals surface area contributed by atoms with Gasteiger partial charge < -0.3 is 19.0 Å². The van der Waals surface area contributed by atoms with Crippen LogP contribution in [-0.2, 0) is 13.1 Å². The molecule has 7 nitrogen and oxygen atoms in total. The average Bonchev–Trinajstić information content (AvgIpc) is 3.10. The fourth-order valence-corrected chi connectivity index (χ4v) is 4.28. The van der Waals surface area contributed by atoms with E-state index in [4.69, 9.17) is 4.74 Å². The molecule has 1 aliphatic carbocycles. The lowest BCUT2D eigenvalue weighted by molar-refractivity contribution is 0.141. The third-order valence-electron chi connectivity index (χ3n) is 5.69. The highest BCUT2D eigenvalue weighted by Gasteiger charge is 2.24. The van der Waals surface area contributed by atoms with Crippen molar-refractivity contribution < 1.29 is 14.2 Å². The molecule has 1 aliphatic rings. The summed E-state index contributed by atoms with van der Waals surface area (Å²) in [4.78, 5) is 21.0. The van der Waals surface area contributed by atoms with Gasteiger partial charge in [0, 0.05) is 30.9 Å². The molecule has 8 heteroatoms. The summed E-state index contributed by atoms with van der Waals surface area (Å²) in [6.07, 6.45) is 6.80. The largest absolute Gasteiger partial charge is 0.472 e. The van der Waals surface area contributed by atoms with Gasteiger partial charge in [0.15, 0.2) is 0 Å². The first kappa shape index (κ1) is 20.5. The summed E-state index contributed by atoms with van der Waals surface area (Å²) in [6, 6.07) is 3.19. The first-order valence-corrected chi connectivity index (χ1v) is 10.6. The minimum Gasteiger partial charge on any atom is -0.472 e. The van der Waals surface area contributed by atoms with E-state index in [1.807, 2.05) is 11.5 Å². The fourth-order valence-electron chi connectivity index (χ4n) is 4.28. The van der Waals surface area contributed by atoms with E-state index < -0.39 is 5.82 Å². The number of aromatic nitrogens is 4. The molecule has 0 amide bonds. The fraction of sp³-hybridized carbons (Fsp3) is 0.500. The van der Waals surface area contributed by atoms with Crippen LogP contribution in [0, 0.1) is 12.7 Å². The monoisotopic (exact) mass is 414 g/mol. The molecule has 0 unspecified atom stereocenters. The lowest BCUT2D eigenvalue weighted by Gasteiger charge is -2.23. The van der Waals surface area contributed by atoms with Crippen LogP contribution in [0.1, 0.15) is 44.9 Å². The van der Waals surface area contributed by atoms with Gasteiger partial charge in [-0.3, -0.25) is 4.79 Å². The van der Waals surface area contributed by atoms with Crippen molar-refractivity contribution in [3.63, 3.8) is 0 Å². The molecular weight excluding hydrogens is 387 g/mol. The number of nitrogens with zero attached hydrogens (tertiary/aromatic N) is 4. The highest BCUT2D eigenvalue weighted by molar-refractivity contribution is 5.92. The first-order valence-electron chi connectivity index (χ1n) is 10.6. The maximum atomic E-state index is 15.6. The smallest absolute Gasteiger partial charge is 0.254 e. The Kier molecular flexibility index (Phi) is 5.85. The predicted octanol–water partition coefficient (Wildman–Crippen LogP) is 3.43. The van der Waals surface area contributed by atoms with Crippen LogP contribution in [0.3, 0.4) is 0 Å². The van der Waals surface area contributed by atoms with E-state index in [9.17, 15) is 9.90 Å². The summed E-state index contributed by atoms with van der Waals surface area (Å²) in [6.45, 7) is 4.26. The average molecular weight is 414 g/mol. The highest BCUT2D eigenvalue weighted by Crippen LogP contribution is 2.34. The molecule has 0 saturated heterocycles. The van der Waals surface area contributed by atoms with Gasteiger partial charge in [-0.25, -0.2) is 4.98 Å². The number of hydrogen-bond acceptors (Lipinski definition) is 5. The van der Waals surface area contributed by atoms with Crippen LogP contribution in [0.25, 0.3) is 22.3 Å². The van der Waals surface area contributed by atoms with Gasteiger partial charge >= 0.3 is 0 Å². The maximum Gasteiger partial charge on any atom is 0.254 e. The number of aliphatic hydroxyl groups excluding tert-OH is 1. The third-order valence-corrected chi connectivity index (χ3v) is 5.69. The molecule has 0 radical (unpaired) electrons. The van der Waals surface area contributed by atoms with Crippen molar-refractivity contribution >= 4 is 11.0 Å². The molecule has 4 rings (SSSR count). The summed E-state index contributed by atoms with van der Waals surface area (Å²) in [5, 5.41) is 9.46. The molecule has 1 saturated carbocycles. The van der Waals surface area contributed by atoms with Gasteiger partial charge in [-0.05, 0) is 45.6 Å². The second-order valence-electron chi connectivity index (χ2n) is 7.73. The Morgan fingerprint density at radius 2 is 2.00 bits per heavy atom. The Morgan fingerprint density at radius 3 is 2.70 bits per heavy atom. The molecule has 1 N–H and O–H groups in total. The van der Waals surface area contributed by atoms with Crippen molar-refractivity contribution in [2.75, 3.05) is 6.61 Å². The standard InChI is InChI=1S/C22H27FN4O3/c1-3-27-18(29)10-9-17-21(27)16(13-26(17)11-12-28)20-19(23)22(25-14(2)24-20)30-15-7-5-4-6-8-15/h9-10,13,15,28H,3-8,11-12H2,1-2H3. The molecule has 0 spiro atoms. The van der Waals surface area contributed by atoms with Gasteiger partial charge in [0.2, 0.25) is 5.82 Å². The molecule has 3 aromatic heterocycles. The number of aliphatic hydroxyl groups is 1. The van der Waals surface area contributed by atoms with Gasteiger partial charge in [-0.15, -0.1) is 0 Å². The van der Waals surface area contributed by atoms with Crippen molar-refractivity contribution in [1.29, 1.82) is 0 Å². The van der Waals surface area contributed by atoms with Crippen LogP contribution >= 0.6 is 0 Å². The minimum atomic E-state index is -0.617. The normalized spacial score (nSPS) is 15.1. The highest BCUT2D eigenvalue weighted by atomic mass is 19.1. The van der Waals surface area contributed by atoms with E-state index in [0.717, 1.165) is 31.2 Å². The Hall–Kier alpha value is -2.74. The van der Waals surface area contributed by atoms with Crippen molar-refractivity contribution in [3.05, 3.63) is 40.3 Å². The number of ether oxygens (including phenoxy) is 1. The van der Waals surface area contributed by atoms with E-state index in [2.05, 4.69) is 9.97 Å². The maximum absolute atomic E-state index is 15.6. The van der Waals surface area contributed by atoms with Crippen molar-refractivity contribution in [1.82, 2.24) is 19.1 Å².